The van der Waals surface area contributed by atoms with E-state index < -0.39 is 0 Å². The molecule has 0 aliphatic carbocycles. The molecule has 0 spiro atoms. The van der Waals surface area contributed by atoms with Gasteiger partial charge in [0, 0.05) is 22.0 Å². The molecule has 0 saturated carbocycles. The first kappa shape index (κ1) is 14.8. The molecule has 0 fully saturated rings. The molecule has 0 atom stereocenters. The summed E-state index contributed by atoms with van der Waals surface area (Å²) in [6.07, 6.45) is 4.30. The third kappa shape index (κ3) is 3.93. The van der Waals surface area contributed by atoms with E-state index in [1.54, 1.807) is 18.5 Å². The van der Waals surface area contributed by atoms with Crippen molar-refractivity contribution in [2.75, 3.05) is 17.2 Å². The summed E-state index contributed by atoms with van der Waals surface area (Å²) in [4.78, 5) is 16.4. The minimum Gasteiger partial charge on any atom is -0.383 e. The Balaban J connectivity index is 2.16. The SMILES string of the molecule is CCCNc1cnccc1C(=O)Nc1cccc(I)c1. The first-order chi connectivity index (χ1) is 9.70. The number of aromatic nitrogens is 1. The summed E-state index contributed by atoms with van der Waals surface area (Å²) >= 11 is 2.22. The van der Waals surface area contributed by atoms with Crippen LogP contribution in [0.5, 0.6) is 0 Å². The van der Waals surface area contributed by atoms with Crippen molar-refractivity contribution in [2.24, 2.45) is 0 Å². The Hall–Kier alpha value is -1.63. The van der Waals surface area contributed by atoms with Crippen LogP contribution in [-0.2, 0) is 0 Å². The van der Waals surface area contributed by atoms with Gasteiger partial charge in [-0.25, -0.2) is 0 Å². The number of nitrogens with zero attached hydrogens (tertiary/aromatic N) is 1. The van der Waals surface area contributed by atoms with Gasteiger partial charge < -0.3 is 10.6 Å². The summed E-state index contributed by atoms with van der Waals surface area (Å²) in [6.45, 7) is 2.89. The fourth-order valence-electron chi connectivity index (χ4n) is 1.76. The van der Waals surface area contributed by atoms with Crippen molar-refractivity contribution in [3.63, 3.8) is 0 Å². The van der Waals surface area contributed by atoms with Gasteiger partial charge in [0.1, 0.15) is 0 Å². The van der Waals surface area contributed by atoms with Gasteiger partial charge in [0.25, 0.3) is 5.91 Å². The molecule has 104 valence electrons. The number of carbonyl (C=O) groups is 1. The minimum absolute atomic E-state index is 0.131. The van der Waals surface area contributed by atoms with Crippen molar-refractivity contribution >= 4 is 39.9 Å². The van der Waals surface area contributed by atoms with E-state index in [0.717, 1.165) is 27.9 Å². The van der Waals surface area contributed by atoms with E-state index in [0.29, 0.717) is 5.56 Å². The Morgan fingerprint density at radius 2 is 2.20 bits per heavy atom. The second kappa shape index (κ2) is 7.23. The molecule has 0 radical (unpaired) electrons. The molecule has 5 heteroatoms. The van der Waals surface area contributed by atoms with Gasteiger partial charge in [0.15, 0.2) is 0 Å². The minimum atomic E-state index is -0.131. The summed E-state index contributed by atoms with van der Waals surface area (Å²) in [6, 6.07) is 9.43. The predicted molar refractivity (Wildman–Crippen MR) is 90.1 cm³/mol. The van der Waals surface area contributed by atoms with E-state index in [9.17, 15) is 4.79 Å². The van der Waals surface area contributed by atoms with Gasteiger partial charge >= 0.3 is 0 Å². The number of benzene rings is 1. The molecule has 1 aromatic heterocycles. The molecule has 1 heterocycles. The van der Waals surface area contributed by atoms with Crippen LogP contribution in [0, 0.1) is 3.57 Å². The molecular formula is C15H16IN3O. The number of nitrogens with one attached hydrogen (secondary N) is 2. The largest absolute Gasteiger partial charge is 0.383 e. The Morgan fingerprint density at radius 3 is 2.95 bits per heavy atom. The molecule has 2 aromatic rings. The van der Waals surface area contributed by atoms with E-state index in [4.69, 9.17) is 0 Å². The lowest BCUT2D eigenvalue weighted by Crippen LogP contribution is -2.15. The van der Waals surface area contributed by atoms with Gasteiger partial charge in [-0.1, -0.05) is 13.0 Å². The Bertz CT molecular complexity index is 601. The lowest BCUT2D eigenvalue weighted by molar-refractivity contribution is 0.102. The van der Waals surface area contributed by atoms with Gasteiger partial charge in [-0.3, -0.25) is 9.78 Å². The van der Waals surface area contributed by atoms with Gasteiger partial charge in [-0.05, 0) is 53.3 Å². The van der Waals surface area contributed by atoms with Crippen LogP contribution in [0.4, 0.5) is 11.4 Å². The van der Waals surface area contributed by atoms with Crippen LogP contribution in [0.2, 0.25) is 0 Å². The van der Waals surface area contributed by atoms with Crippen molar-refractivity contribution in [2.45, 2.75) is 13.3 Å². The fraction of sp³-hybridized carbons (Fsp3) is 0.200. The van der Waals surface area contributed by atoms with Crippen molar-refractivity contribution in [1.82, 2.24) is 4.98 Å². The van der Waals surface area contributed by atoms with E-state index in [2.05, 4.69) is 45.1 Å². The number of carbonyl (C=O) groups excluding carboxylic acids is 1. The van der Waals surface area contributed by atoms with Gasteiger partial charge in [0.2, 0.25) is 0 Å². The third-order valence-corrected chi connectivity index (χ3v) is 3.38. The maximum Gasteiger partial charge on any atom is 0.257 e. The number of pyridine rings is 1. The normalized spacial score (nSPS) is 10.1. The average Bonchev–Trinajstić information content (AvgIpc) is 2.45. The van der Waals surface area contributed by atoms with E-state index in [1.807, 2.05) is 24.3 Å². The average molecular weight is 381 g/mol. The third-order valence-electron chi connectivity index (χ3n) is 2.71. The van der Waals surface area contributed by atoms with Crippen molar-refractivity contribution < 1.29 is 4.79 Å². The summed E-state index contributed by atoms with van der Waals surface area (Å²) in [5, 5.41) is 6.12. The van der Waals surface area contributed by atoms with Crippen LogP contribution in [0.1, 0.15) is 23.7 Å². The Morgan fingerprint density at radius 1 is 1.35 bits per heavy atom. The number of amides is 1. The van der Waals surface area contributed by atoms with Crippen LogP contribution in [0.3, 0.4) is 0 Å². The molecule has 1 amide bonds. The second-order valence-electron chi connectivity index (χ2n) is 4.31. The quantitative estimate of drug-likeness (QED) is 0.776. The lowest BCUT2D eigenvalue weighted by Gasteiger charge is -2.11. The summed E-state index contributed by atoms with van der Waals surface area (Å²) in [5.41, 5.74) is 2.16. The first-order valence-electron chi connectivity index (χ1n) is 6.45. The number of rotatable bonds is 5. The van der Waals surface area contributed by atoms with Crippen LogP contribution in [0.25, 0.3) is 0 Å². The highest BCUT2D eigenvalue weighted by molar-refractivity contribution is 14.1. The molecule has 1 aromatic carbocycles. The van der Waals surface area contributed by atoms with E-state index in [-0.39, 0.29) is 5.91 Å². The lowest BCUT2D eigenvalue weighted by atomic mass is 10.2. The predicted octanol–water partition coefficient (Wildman–Crippen LogP) is 3.76. The number of hydrogen-bond donors (Lipinski definition) is 2. The zero-order chi connectivity index (χ0) is 14.4. The number of anilines is 2. The molecular weight excluding hydrogens is 365 g/mol. The molecule has 4 nitrogen and oxygen atoms in total. The smallest absolute Gasteiger partial charge is 0.257 e. The Labute approximate surface area is 132 Å². The highest BCUT2D eigenvalue weighted by atomic mass is 127. The molecule has 0 unspecified atom stereocenters. The molecule has 20 heavy (non-hydrogen) atoms. The number of hydrogen-bond acceptors (Lipinski definition) is 3. The molecule has 0 aliphatic heterocycles. The van der Waals surface area contributed by atoms with Crippen LogP contribution in [-0.4, -0.2) is 17.4 Å². The zero-order valence-electron chi connectivity index (χ0n) is 11.2. The molecule has 2 rings (SSSR count). The maximum absolute atomic E-state index is 12.3. The van der Waals surface area contributed by atoms with Crippen molar-refractivity contribution in [3.05, 3.63) is 51.9 Å². The van der Waals surface area contributed by atoms with Crippen LogP contribution >= 0.6 is 22.6 Å². The maximum atomic E-state index is 12.3. The highest BCUT2D eigenvalue weighted by Gasteiger charge is 2.11. The van der Waals surface area contributed by atoms with Crippen molar-refractivity contribution in [1.29, 1.82) is 0 Å². The summed E-state index contributed by atoms with van der Waals surface area (Å²) in [5.74, 6) is -0.131. The van der Waals surface area contributed by atoms with Crippen LogP contribution < -0.4 is 10.6 Å². The molecule has 0 bridgehead atoms. The zero-order valence-corrected chi connectivity index (χ0v) is 13.3. The van der Waals surface area contributed by atoms with Crippen molar-refractivity contribution in [3.8, 4) is 0 Å². The molecule has 0 saturated heterocycles. The topological polar surface area (TPSA) is 54.0 Å². The molecule has 2 N–H and O–H groups in total. The van der Waals surface area contributed by atoms with Crippen LogP contribution in [0.15, 0.2) is 42.7 Å². The Kier molecular flexibility index (Phi) is 5.34. The monoisotopic (exact) mass is 381 g/mol. The molecule has 0 aliphatic rings. The first-order valence-corrected chi connectivity index (χ1v) is 7.53. The highest BCUT2D eigenvalue weighted by Crippen LogP contribution is 2.17. The van der Waals surface area contributed by atoms with Gasteiger partial charge in [-0.2, -0.15) is 0 Å². The standard InChI is InChI=1S/C15H16IN3O/c1-2-7-18-14-10-17-8-6-13(14)15(20)19-12-5-3-4-11(16)9-12/h3-6,8-10,18H,2,7H2,1H3,(H,19,20). The number of halogens is 1. The van der Waals surface area contributed by atoms with Gasteiger partial charge in [-0.15, -0.1) is 0 Å². The van der Waals surface area contributed by atoms with Gasteiger partial charge in [0.05, 0.1) is 17.4 Å². The second-order valence-corrected chi connectivity index (χ2v) is 5.56. The fourth-order valence-corrected chi connectivity index (χ4v) is 2.30. The van der Waals surface area contributed by atoms with E-state index in [1.165, 1.54) is 0 Å². The van der Waals surface area contributed by atoms with E-state index >= 15 is 0 Å². The summed E-state index contributed by atoms with van der Waals surface area (Å²) in [7, 11) is 0. The summed E-state index contributed by atoms with van der Waals surface area (Å²) < 4.78 is 1.08.